The molecule has 1 aliphatic carbocycles. The number of carboxylic acids is 1. The Kier molecular flexibility index (Phi) is 3.18. The summed E-state index contributed by atoms with van der Waals surface area (Å²) in [7, 11) is 1.15. The lowest BCUT2D eigenvalue weighted by Gasteiger charge is -2.35. The van der Waals surface area contributed by atoms with E-state index in [9.17, 15) is 9.59 Å². The van der Waals surface area contributed by atoms with E-state index in [1.807, 2.05) is 0 Å². The molecule has 0 aromatic heterocycles. The Balaban J connectivity index is 2.82. The number of ether oxygens (including phenoxy) is 1. The van der Waals surface area contributed by atoms with Crippen LogP contribution >= 0.6 is 0 Å². The molecule has 0 aliphatic heterocycles. The van der Waals surface area contributed by atoms with Gasteiger partial charge < -0.3 is 9.84 Å². The molecule has 0 aromatic carbocycles. The molecule has 0 atom stereocenters. The number of carbonyl (C=O) groups excluding carboxylic acids is 1. The van der Waals surface area contributed by atoms with Crippen molar-refractivity contribution in [3.63, 3.8) is 0 Å². The molecule has 1 amide bonds. The summed E-state index contributed by atoms with van der Waals surface area (Å²) in [4.78, 5) is 21.8. The van der Waals surface area contributed by atoms with Crippen molar-refractivity contribution < 1.29 is 19.4 Å². The predicted octanol–water partition coefficient (Wildman–Crippen LogP) is 1.00. The number of allylic oxidation sites excluding steroid dienone is 1. The van der Waals surface area contributed by atoms with Gasteiger partial charge in [-0.25, -0.2) is 9.59 Å². The summed E-state index contributed by atoms with van der Waals surface area (Å²) in [5, 5.41) is 19.8. The summed E-state index contributed by atoms with van der Waals surface area (Å²) in [5.74, 6) is -1.22. The summed E-state index contributed by atoms with van der Waals surface area (Å²) in [6, 6.07) is 2.10. The molecule has 0 unspecified atom stereocenters. The highest BCUT2D eigenvalue weighted by Crippen LogP contribution is 2.45. The van der Waals surface area contributed by atoms with Crippen molar-refractivity contribution >= 4 is 12.1 Å². The van der Waals surface area contributed by atoms with Gasteiger partial charge in [-0.15, -0.1) is 0 Å². The van der Waals surface area contributed by atoms with Crippen molar-refractivity contribution in [1.82, 2.24) is 5.32 Å². The number of methoxy groups -OCH3 is 1. The third-order valence-electron chi connectivity index (χ3n) is 2.46. The Hall–Kier alpha value is -2.03. The minimum Gasteiger partial charge on any atom is -0.477 e. The van der Waals surface area contributed by atoms with Crippen molar-refractivity contribution in [3.05, 3.63) is 11.3 Å². The molecule has 2 N–H and O–H groups in total. The Bertz CT molecular complexity index is 398. The Labute approximate surface area is 92.5 Å². The van der Waals surface area contributed by atoms with Crippen molar-refractivity contribution in [2.75, 3.05) is 7.11 Å². The van der Waals surface area contributed by atoms with Crippen LogP contribution in [0.15, 0.2) is 11.3 Å². The lowest BCUT2D eigenvalue weighted by molar-refractivity contribution is -0.133. The average Bonchev–Trinajstić information content (AvgIpc) is 2.21. The van der Waals surface area contributed by atoms with Gasteiger partial charge >= 0.3 is 12.1 Å². The average molecular weight is 224 g/mol. The topological polar surface area (TPSA) is 99.4 Å². The molecule has 86 valence electrons. The van der Waals surface area contributed by atoms with E-state index in [0.717, 1.165) is 7.11 Å². The molecule has 0 heterocycles. The van der Waals surface area contributed by atoms with Crippen molar-refractivity contribution in [3.8, 4) is 6.07 Å². The van der Waals surface area contributed by atoms with Gasteiger partial charge in [-0.05, 0) is 25.3 Å². The van der Waals surface area contributed by atoms with Crippen LogP contribution in [0.2, 0.25) is 0 Å². The van der Waals surface area contributed by atoms with Crippen LogP contribution in [0, 0.1) is 16.7 Å². The van der Waals surface area contributed by atoms with E-state index < -0.39 is 17.5 Å². The number of carboxylic acid groups (broad SMARTS) is 1. The fourth-order valence-electron chi connectivity index (χ4n) is 1.59. The number of carbonyl (C=O) groups is 2. The first-order valence-corrected chi connectivity index (χ1v) is 4.63. The molecule has 6 nitrogen and oxygen atoms in total. The third-order valence-corrected chi connectivity index (χ3v) is 2.46. The normalized spacial score (nSPS) is 22.7. The van der Waals surface area contributed by atoms with Crippen LogP contribution in [0.5, 0.6) is 0 Å². The number of nitriles is 1. The van der Waals surface area contributed by atoms with Crippen LogP contribution in [0.1, 0.15) is 19.8 Å². The Morgan fingerprint density at radius 3 is 2.50 bits per heavy atom. The Morgan fingerprint density at radius 1 is 1.56 bits per heavy atom. The monoisotopic (exact) mass is 224 g/mol. The zero-order valence-electron chi connectivity index (χ0n) is 9.03. The summed E-state index contributed by atoms with van der Waals surface area (Å²) in [6.45, 7) is 1.74. The van der Waals surface area contributed by atoms with Crippen LogP contribution in [0.3, 0.4) is 0 Å². The molecule has 6 heteroatoms. The molecule has 1 rings (SSSR count). The summed E-state index contributed by atoms with van der Waals surface area (Å²) < 4.78 is 4.32. The van der Waals surface area contributed by atoms with Gasteiger partial charge in [0.2, 0.25) is 0 Å². The largest absolute Gasteiger partial charge is 0.477 e. The minimum atomic E-state index is -1.22. The fraction of sp³-hybridized carbons (Fsp3) is 0.500. The molecule has 1 aliphatic rings. The highest BCUT2D eigenvalue weighted by atomic mass is 16.5. The number of nitrogens with zero attached hydrogens (tertiary/aromatic N) is 1. The lowest BCUT2D eigenvalue weighted by atomic mass is 9.67. The molecule has 1 fully saturated rings. The zero-order valence-corrected chi connectivity index (χ0v) is 9.03. The second kappa shape index (κ2) is 4.23. The van der Waals surface area contributed by atoms with Crippen LogP contribution in [0.25, 0.3) is 0 Å². The number of hydrogen-bond acceptors (Lipinski definition) is 4. The quantitative estimate of drug-likeness (QED) is 0.682. The minimum absolute atomic E-state index is 0.181. The smallest absolute Gasteiger partial charge is 0.411 e. The first kappa shape index (κ1) is 12.0. The van der Waals surface area contributed by atoms with Gasteiger partial charge in [0.1, 0.15) is 5.70 Å². The maximum atomic E-state index is 10.9. The summed E-state index contributed by atoms with van der Waals surface area (Å²) in [6.07, 6.45) is -0.111. The lowest BCUT2D eigenvalue weighted by Crippen LogP contribution is -2.35. The molecule has 0 bridgehead atoms. The van der Waals surface area contributed by atoms with Crippen molar-refractivity contribution in [1.29, 1.82) is 5.26 Å². The number of alkyl carbamates (subject to hydrolysis) is 1. The van der Waals surface area contributed by atoms with Crippen molar-refractivity contribution in [2.45, 2.75) is 19.8 Å². The number of nitrogens with one attached hydrogen (secondary N) is 1. The molecule has 0 radical (unpaired) electrons. The first-order valence-electron chi connectivity index (χ1n) is 4.63. The van der Waals surface area contributed by atoms with E-state index in [0.29, 0.717) is 18.4 Å². The predicted molar refractivity (Wildman–Crippen MR) is 53.2 cm³/mol. The highest BCUT2D eigenvalue weighted by Gasteiger charge is 2.39. The molecule has 0 aromatic rings. The second-order valence-electron chi connectivity index (χ2n) is 3.93. The molecular weight excluding hydrogens is 212 g/mol. The van der Waals surface area contributed by atoms with E-state index in [1.165, 1.54) is 0 Å². The molecule has 0 spiro atoms. The van der Waals surface area contributed by atoms with Gasteiger partial charge in [-0.2, -0.15) is 5.26 Å². The molecule has 1 saturated carbocycles. The van der Waals surface area contributed by atoms with Gasteiger partial charge in [0.25, 0.3) is 0 Å². The van der Waals surface area contributed by atoms with Gasteiger partial charge in [0, 0.05) is 0 Å². The van der Waals surface area contributed by atoms with Crippen molar-refractivity contribution in [2.24, 2.45) is 5.41 Å². The molecular formula is C10H12N2O4. The number of amides is 1. The second-order valence-corrected chi connectivity index (χ2v) is 3.93. The van der Waals surface area contributed by atoms with E-state index >= 15 is 0 Å². The van der Waals surface area contributed by atoms with Crippen LogP contribution < -0.4 is 5.32 Å². The van der Waals surface area contributed by atoms with Gasteiger partial charge in [-0.3, -0.25) is 5.32 Å². The maximum Gasteiger partial charge on any atom is 0.411 e. The van der Waals surface area contributed by atoms with Gasteiger partial charge in [-0.1, -0.05) is 0 Å². The first-order chi connectivity index (χ1) is 7.41. The van der Waals surface area contributed by atoms with Gasteiger partial charge in [0.15, 0.2) is 0 Å². The van der Waals surface area contributed by atoms with Crippen LogP contribution in [-0.4, -0.2) is 24.3 Å². The fourth-order valence-corrected chi connectivity index (χ4v) is 1.59. The van der Waals surface area contributed by atoms with E-state index in [4.69, 9.17) is 10.4 Å². The zero-order chi connectivity index (χ0) is 12.3. The summed E-state index contributed by atoms with van der Waals surface area (Å²) >= 11 is 0. The maximum absolute atomic E-state index is 10.9. The van der Waals surface area contributed by atoms with E-state index in [2.05, 4.69) is 16.1 Å². The van der Waals surface area contributed by atoms with Crippen LogP contribution in [0.4, 0.5) is 4.79 Å². The highest BCUT2D eigenvalue weighted by molar-refractivity contribution is 5.91. The van der Waals surface area contributed by atoms with E-state index in [1.54, 1.807) is 6.92 Å². The molecule has 0 saturated heterocycles. The Morgan fingerprint density at radius 2 is 2.12 bits per heavy atom. The SMILES string of the molecule is COC(=O)NC(C(=O)O)=C1CC(C)(C#N)C1. The third kappa shape index (κ3) is 2.31. The number of hydrogen-bond donors (Lipinski definition) is 2. The molecule has 16 heavy (non-hydrogen) atoms. The van der Waals surface area contributed by atoms with Crippen LogP contribution in [-0.2, 0) is 9.53 Å². The van der Waals surface area contributed by atoms with Gasteiger partial charge in [0.05, 0.1) is 18.6 Å². The van der Waals surface area contributed by atoms with E-state index in [-0.39, 0.29) is 5.70 Å². The number of rotatable bonds is 2. The number of aliphatic carboxylic acids is 1. The summed E-state index contributed by atoms with van der Waals surface area (Å²) in [5.41, 5.74) is -0.144. The standard InChI is InChI=1S/C10H12N2O4/c1-10(5-11)3-6(4-10)7(8(13)14)12-9(15)16-2/h3-4H2,1-2H3,(H,12,15)(H,13,14).